The number of aliphatic hydroxyl groups is 1. The van der Waals surface area contributed by atoms with Gasteiger partial charge in [0.2, 0.25) is 0 Å². The molecule has 0 amide bonds. The van der Waals surface area contributed by atoms with Crippen LogP contribution in [0.25, 0.3) is 0 Å². The van der Waals surface area contributed by atoms with Crippen molar-refractivity contribution in [3.8, 4) is 0 Å². The molecule has 1 N–H and O–H groups in total. The molecule has 3 rings (SSSR count). The zero-order chi connectivity index (χ0) is 12.7. The standard InChI is InChI=1S/C13H20N4O/c1-16(2)12-7-13(15-8-14-12)17-9-3-4-10(17)6-11(18)5-9/h7-11,18H,3-6H2,1-2H3. The highest BCUT2D eigenvalue weighted by atomic mass is 16.3. The van der Waals surface area contributed by atoms with E-state index in [1.54, 1.807) is 6.33 Å². The second-order valence-corrected chi connectivity index (χ2v) is 5.55. The first kappa shape index (κ1) is 11.7. The maximum absolute atomic E-state index is 9.83. The Labute approximate surface area is 107 Å². The number of anilines is 2. The quantitative estimate of drug-likeness (QED) is 0.847. The van der Waals surface area contributed by atoms with Gasteiger partial charge >= 0.3 is 0 Å². The van der Waals surface area contributed by atoms with E-state index >= 15 is 0 Å². The Morgan fingerprint density at radius 1 is 1.22 bits per heavy atom. The Bertz CT molecular complexity index is 423. The molecule has 2 aliphatic rings. The molecule has 0 spiro atoms. The Kier molecular flexibility index (Phi) is 2.86. The third kappa shape index (κ3) is 1.92. The molecule has 1 aromatic heterocycles. The van der Waals surface area contributed by atoms with E-state index in [4.69, 9.17) is 0 Å². The number of aromatic nitrogens is 2. The first-order chi connectivity index (χ1) is 8.65. The van der Waals surface area contributed by atoms with Crippen LogP contribution >= 0.6 is 0 Å². The Balaban J connectivity index is 1.89. The lowest BCUT2D eigenvalue weighted by Crippen LogP contribution is -2.45. The van der Waals surface area contributed by atoms with Gasteiger partial charge in [0, 0.05) is 32.2 Å². The predicted octanol–water partition coefficient (Wildman–Crippen LogP) is 1.03. The number of piperidine rings is 1. The minimum atomic E-state index is -0.131. The van der Waals surface area contributed by atoms with Gasteiger partial charge < -0.3 is 14.9 Å². The average molecular weight is 248 g/mol. The fraction of sp³-hybridized carbons (Fsp3) is 0.692. The van der Waals surface area contributed by atoms with Crippen molar-refractivity contribution in [2.45, 2.75) is 43.9 Å². The molecule has 3 heterocycles. The lowest BCUT2D eigenvalue weighted by molar-refractivity contribution is 0.126. The molecule has 2 bridgehead atoms. The SMILES string of the molecule is CN(C)c1cc(N2C3CCC2CC(O)C3)ncn1. The molecule has 18 heavy (non-hydrogen) atoms. The van der Waals surface area contributed by atoms with Crippen LogP contribution in [0.4, 0.5) is 11.6 Å². The van der Waals surface area contributed by atoms with Crippen molar-refractivity contribution in [1.82, 2.24) is 9.97 Å². The van der Waals surface area contributed by atoms with E-state index in [0.29, 0.717) is 12.1 Å². The summed E-state index contributed by atoms with van der Waals surface area (Å²) in [5.41, 5.74) is 0. The van der Waals surface area contributed by atoms with Crippen LogP contribution in [0, 0.1) is 0 Å². The van der Waals surface area contributed by atoms with Crippen molar-refractivity contribution in [2.24, 2.45) is 0 Å². The molecule has 2 saturated heterocycles. The first-order valence-corrected chi connectivity index (χ1v) is 6.61. The van der Waals surface area contributed by atoms with Gasteiger partial charge in [-0.25, -0.2) is 9.97 Å². The second-order valence-electron chi connectivity index (χ2n) is 5.55. The minimum absolute atomic E-state index is 0.131. The van der Waals surface area contributed by atoms with Crippen LogP contribution in [0.3, 0.4) is 0 Å². The van der Waals surface area contributed by atoms with E-state index in [1.165, 1.54) is 12.8 Å². The summed E-state index contributed by atoms with van der Waals surface area (Å²) in [7, 11) is 3.97. The maximum Gasteiger partial charge on any atom is 0.134 e. The summed E-state index contributed by atoms with van der Waals surface area (Å²) in [6.45, 7) is 0. The molecule has 0 radical (unpaired) electrons. The molecule has 5 nitrogen and oxygen atoms in total. The number of fused-ring (bicyclic) bond motifs is 2. The molecule has 0 aliphatic carbocycles. The molecule has 98 valence electrons. The molecule has 0 saturated carbocycles. The van der Waals surface area contributed by atoms with Crippen molar-refractivity contribution in [1.29, 1.82) is 0 Å². The maximum atomic E-state index is 9.83. The second kappa shape index (κ2) is 4.39. The van der Waals surface area contributed by atoms with E-state index < -0.39 is 0 Å². The van der Waals surface area contributed by atoms with Crippen molar-refractivity contribution >= 4 is 11.6 Å². The zero-order valence-corrected chi connectivity index (χ0v) is 11.0. The summed E-state index contributed by atoms with van der Waals surface area (Å²) in [4.78, 5) is 13.1. The summed E-state index contributed by atoms with van der Waals surface area (Å²) < 4.78 is 0. The third-order valence-electron chi connectivity index (χ3n) is 4.07. The van der Waals surface area contributed by atoms with Crippen LogP contribution in [0.2, 0.25) is 0 Å². The molecule has 5 heteroatoms. The molecule has 2 aliphatic heterocycles. The van der Waals surface area contributed by atoms with E-state index in [-0.39, 0.29) is 6.10 Å². The van der Waals surface area contributed by atoms with Gasteiger partial charge in [-0.05, 0) is 25.7 Å². The first-order valence-electron chi connectivity index (χ1n) is 6.61. The van der Waals surface area contributed by atoms with Crippen molar-refractivity contribution in [3.63, 3.8) is 0 Å². The van der Waals surface area contributed by atoms with E-state index in [9.17, 15) is 5.11 Å². The van der Waals surface area contributed by atoms with Crippen molar-refractivity contribution < 1.29 is 5.11 Å². The highest BCUT2D eigenvalue weighted by molar-refractivity contribution is 5.52. The monoisotopic (exact) mass is 248 g/mol. The number of rotatable bonds is 2. The van der Waals surface area contributed by atoms with Gasteiger partial charge in [0.25, 0.3) is 0 Å². The average Bonchev–Trinajstić information content (AvgIpc) is 2.62. The predicted molar refractivity (Wildman–Crippen MR) is 70.9 cm³/mol. The van der Waals surface area contributed by atoms with Crippen molar-refractivity contribution in [2.75, 3.05) is 23.9 Å². The van der Waals surface area contributed by atoms with Crippen LogP contribution in [-0.2, 0) is 0 Å². The van der Waals surface area contributed by atoms with Gasteiger partial charge in [-0.15, -0.1) is 0 Å². The largest absolute Gasteiger partial charge is 0.393 e. The van der Waals surface area contributed by atoms with Gasteiger partial charge in [-0.1, -0.05) is 0 Å². The molecule has 0 aromatic carbocycles. The fourth-order valence-electron chi connectivity index (χ4n) is 3.25. The molecular weight excluding hydrogens is 228 g/mol. The highest BCUT2D eigenvalue weighted by Gasteiger charge is 2.40. The van der Waals surface area contributed by atoms with E-state index in [2.05, 4.69) is 14.9 Å². The lowest BCUT2D eigenvalue weighted by Gasteiger charge is -2.38. The van der Waals surface area contributed by atoms with Gasteiger partial charge in [-0.2, -0.15) is 0 Å². The number of nitrogens with zero attached hydrogens (tertiary/aromatic N) is 4. The minimum Gasteiger partial charge on any atom is -0.393 e. The zero-order valence-electron chi connectivity index (χ0n) is 11.0. The summed E-state index contributed by atoms with van der Waals surface area (Å²) in [5.74, 6) is 1.94. The number of hydrogen-bond acceptors (Lipinski definition) is 5. The highest BCUT2D eigenvalue weighted by Crippen LogP contribution is 2.38. The van der Waals surface area contributed by atoms with E-state index in [1.807, 2.05) is 25.1 Å². The summed E-state index contributed by atoms with van der Waals surface area (Å²) in [5, 5.41) is 9.83. The Hall–Kier alpha value is -1.36. The molecular formula is C13H20N4O. The molecule has 1 aromatic rings. The normalized spacial score (nSPS) is 30.6. The summed E-state index contributed by atoms with van der Waals surface area (Å²) in [6.07, 6.45) is 5.59. The molecule has 2 atom stereocenters. The van der Waals surface area contributed by atoms with Gasteiger partial charge in [0.1, 0.15) is 18.0 Å². The lowest BCUT2D eigenvalue weighted by atomic mass is 10.00. The third-order valence-corrected chi connectivity index (χ3v) is 4.07. The van der Waals surface area contributed by atoms with Gasteiger partial charge in [0.15, 0.2) is 0 Å². The van der Waals surface area contributed by atoms with Crippen LogP contribution < -0.4 is 9.80 Å². The molecule has 2 fully saturated rings. The topological polar surface area (TPSA) is 52.5 Å². The Morgan fingerprint density at radius 2 is 1.89 bits per heavy atom. The smallest absolute Gasteiger partial charge is 0.134 e. The molecule has 2 unspecified atom stereocenters. The van der Waals surface area contributed by atoms with Crippen molar-refractivity contribution in [3.05, 3.63) is 12.4 Å². The summed E-state index contributed by atoms with van der Waals surface area (Å²) in [6, 6.07) is 2.94. The van der Waals surface area contributed by atoms with E-state index in [0.717, 1.165) is 24.5 Å². The number of aliphatic hydroxyl groups excluding tert-OH is 1. The Morgan fingerprint density at radius 3 is 2.50 bits per heavy atom. The van der Waals surface area contributed by atoms with Gasteiger partial charge in [-0.3, -0.25) is 0 Å². The number of hydrogen-bond donors (Lipinski definition) is 1. The summed E-state index contributed by atoms with van der Waals surface area (Å²) >= 11 is 0. The van der Waals surface area contributed by atoms with Crippen LogP contribution in [0.1, 0.15) is 25.7 Å². The van der Waals surface area contributed by atoms with Crippen LogP contribution in [-0.4, -0.2) is 47.4 Å². The van der Waals surface area contributed by atoms with Crippen LogP contribution in [0.5, 0.6) is 0 Å². The fourth-order valence-corrected chi connectivity index (χ4v) is 3.25. The van der Waals surface area contributed by atoms with Crippen LogP contribution in [0.15, 0.2) is 12.4 Å². The van der Waals surface area contributed by atoms with Gasteiger partial charge in [0.05, 0.1) is 6.10 Å².